The molecule has 0 aliphatic heterocycles. The van der Waals surface area contributed by atoms with E-state index in [0.29, 0.717) is 35.9 Å². The second-order valence-corrected chi connectivity index (χ2v) is 5.99. The van der Waals surface area contributed by atoms with Gasteiger partial charge in [0.05, 0.1) is 12.7 Å². The SMILES string of the molecule is CCS(=O)CCNCc1ccc(/C(N)=N/O)c(OC)c1. The number of ether oxygens (including phenoxy) is 1. The second-order valence-electron chi connectivity index (χ2n) is 4.13. The Morgan fingerprint density at radius 3 is 2.90 bits per heavy atom. The van der Waals surface area contributed by atoms with Gasteiger partial charge in [-0.3, -0.25) is 4.21 Å². The zero-order valence-corrected chi connectivity index (χ0v) is 12.6. The molecule has 0 saturated heterocycles. The fraction of sp³-hybridized carbons (Fsp3) is 0.462. The highest BCUT2D eigenvalue weighted by atomic mass is 32.2. The predicted octanol–water partition coefficient (Wildman–Crippen LogP) is 0.648. The molecule has 4 N–H and O–H groups in total. The number of benzene rings is 1. The lowest BCUT2D eigenvalue weighted by Gasteiger charge is -2.10. The highest BCUT2D eigenvalue weighted by molar-refractivity contribution is 7.84. The van der Waals surface area contributed by atoms with Crippen LogP contribution in [-0.4, -0.2) is 40.4 Å². The minimum Gasteiger partial charge on any atom is -0.496 e. The molecular weight excluding hydrogens is 278 g/mol. The van der Waals surface area contributed by atoms with Gasteiger partial charge in [-0.15, -0.1) is 0 Å². The van der Waals surface area contributed by atoms with Gasteiger partial charge < -0.3 is 21.0 Å². The van der Waals surface area contributed by atoms with E-state index >= 15 is 0 Å². The molecule has 7 heteroatoms. The number of amidine groups is 1. The zero-order valence-electron chi connectivity index (χ0n) is 11.8. The summed E-state index contributed by atoms with van der Waals surface area (Å²) in [4.78, 5) is 0. The monoisotopic (exact) mass is 299 g/mol. The molecule has 1 aromatic carbocycles. The number of nitrogens with two attached hydrogens (primary N) is 1. The van der Waals surface area contributed by atoms with E-state index in [1.807, 2.05) is 19.1 Å². The summed E-state index contributed by atoms with van der Waals surface area (Å²) in [7, 11) is 0.784. The van der Waals surface area contributed by atoms with Crippen LogP contribution < -0.4 is 15.8 Å². The van der Waals surface area contributed by atoms with Crippen molar-refractivity contribution in [2.75, 3.05) is 25.2 Å². The van der Waals surface area contributed by atoms with E-state index in [2.05, 4.69) is 10.5 Å². The fourth-order valence-electron chi connectivity index (χ4n) is 1.67. The van der Waals surface area contributed by atoms with Crippen LogP contribution in [0.1, 0.15) is 18.1 Å². The molecule has 20 heavy (non-hydrogen) atoms. The topological polar surface area (TPSA) is 96.9 Å². The van der Waals surface area contributed by atoms with Gasteiger partial charge in [0.2, 0.25) is 0 Å². The Morgan fingerprint density at radius 2 is 2.30 bits per heavy atom. The van der Waals surface area contributed by atoms with E-state index in [1.165, 1.54) is 7.11 Å². The van der Waals surface area contributed by atoms with Gasteiger partial charge in [-0.1, -0.05) is 18.1 Å². The molecule has 0 heterocycles. The molecule has 1 rings (SSSR count). The molecule has 0 aliphatic rings. The Kier molecular flexibility index (Phi) is 7.03. The molecular formula is C13H21N3O3S. The normalized spacial score (nSPS) is 13.2. The number of hydrogen-bond donors (Lipinski definition) is 3. The van der Waals surface area contributed by atoms with Crippen LogP contribution in [-0.2, 0) is 17.3 Å². The van der Waals surface area contributed by atoms with Crippen LogP contribution >= 0.6 is 0 Å². The highest BCUT2D eigenvalue weighted by Crippen LogP contribution is 2.19. The van der Waals surface area contributed by atoms with Crippen LogP contribution in [0.2, 0.25) is 0 Å². The molecule has 112 valence electrons. The van der Waals surface area contributed by atoms with Gasteiger partial charge in [-0.25, -0.2) is 0 Å². The molecule has 6 nitrogen and oxygen atoms in total. The summed E-state index contributed by atoms with van der Waals surface area (Å²) in [5.74, 6) is 1.90. The summed E-state index contributed by atoms with van der Waals surface area (Å²) in [5, 5.41) is 14.9. The summed E-state index contributed by atoms with van der Waals surface area (Å²) in [6.45, 7) is 3.26. The maximum absolute atomic E-state index is 11.3. The van der Waals surface area contributed by atoms with E-state index in [9.17, 15) is 4.21 Å². The van der Waals surface area contributed by atoms with Crippen molar-refractivity contribution in [2.45, 2.75) is 13.5 Å². The van der Waals surface area contributed by atoms with Crippen molar-refractivity contribution in [3.63, 3.8) is 0 Å². The minimum atomic E-state index is -0.749. The van der Waals surface area contributed by atoms with Crippen molar-refractivity contribution in [1.82, 2.24) is 5.32 Å². The average molecular weight is 299 g/mol. The summed E-state index contributed by atoms with van der Waals surface area (Å²) >= 11 is 0. The maximum Gasteiger partial charge on any atom is 0.173 e. The van der Waals surface area contributed by atoms with Gasteiger partial charge in [-0.2, -0.15) is 0 Å². The van der Waals surface area contributed by atoms with Crippen molar-refractivity contribution >= 4 is 16.6 Å². The van der Waals surface area contributed by atoms with Crippen LogP contribution in [0.5, 0.6) is 5.75 Å². The first-order valence-electron chi connectivity index (χ1n) is 6.32. The van der Waals surface area contributed by atoms with Crippen LogP contribution in [0.15, 0.2) is 23.4 Å². The van der Waals surface area contributed by atoms with Crippen molar-refractivity contribution in [3.05, 3.63) is 29.3 Å². The molecule has 0 saturated carbocycles. The highest BCUT2D eigenvalue weighted by Gasteiger charge is 2.08. The van der Waals surface area contributed by atoms with Crippen molar-refractivity contribution < 1.29 is 14.2 Å². The minimum absolute atomic E-state index is 0.0136. The summed E-state index contributed by atoms with van der Waals surface area (Å²) in [5.41, 5.74) is 7.12. The van der Waals surface area contributed by atoms with Gasteiger partial charge >= 0.3 is 0 Å². The Labute approximate surface area is 121 Å². The van der Waals surface area contributed by atoms with Crippen molar-refractivity contribution in [2.24, 2.45) is 10.9 Å². The first-order chi connectivity index (χ1) is 9.62. The summed E-state index contributed by atoms with van der Waals surface area (Å²) in [6, 6.07) is 5.45. The molecule has 1 unspecified atom stereocenters. The number of hydrogen-bond acceptors (Lipinski definition) is 5. The molecule has 0 aliphatic carbocycles. The molecule has 0 radical (unpaired) electrons. The fourth-order valence-corrected chi connectivity index (χ4v) is 2.33. The van der Waals surface area contributed by atoms with E-state index < -0.39 is 10.8 Å². The third-order valence-corrected chi connectivity index (χ3v) is 4.11. The number of methoxy groups -OCH3 is 1. The van der Waals surface area contributed by atoms with Crippen LogP contribution in [0.4, 0.5) is 0 Å². The Hall–Kier alpha value is -1.60. The van der Waals surface area contributed by atoms with Gasteiger partial charge in [0.25, 0.3) is 0 Å². The lowest BCUT2D eigenvalue weighted by atomic mass is 10.1. The standard InChI is InChI=1S/C13H21N3O3S/c1-3-20(18)7-6-15-9-10-4-5-11(13(14)16-17)12(8-10)19-2/h4-5,8,15,17H,3,6-7,9H2,1-2H3,(H2,14,16). The smallest absolute Gasteiger partial charge is 0.173 e. The van der Waals surface area contributed by atoms with Crippen LogP contribution in [0, 0.1) is 0 Å². The average Bonchev–Trinajstić information content (AvgIpc) is 2.50. The van der Waals surface area contributed by atoms with Gasteiger partial charge in [0.1, 0.15) is 5.75 Å². The van der Waals surface area contributed by atoms with E-state index in [4.69, 9.17) is 15.7 Å². The quantitative estimate of drug-likeness (QED) is 0.215. The van der Waals surface area contributed by atoms with E-state index in [1.54, 1.807) is 6.07 Å². The lowest BCUT2D eigenvalue weighted by Crippen LogP contribution is -2.21. The van der Waals surface area contributed by atoms with Gasteiger partial charge in [0, 0.05) is 35.4 Å². The first kappa shape index (κ1) is 16.5. The number of nitrogens with zero attached hydrogens (tertiary/aromatic N) is 1. The van der Waals surface area contributed by atoms with Crippen molar-refractivity contribution in [1.29, 1.82) is 0 Å². The summed E-state index contributed by atoms with van der Waals surface area (Å²) in [6.07, 6.45) is 0. The third kappa shape index (κ3) is 4.82. The van der Waals surface area contributed by atoms with Crippen LogP contribution in [0.3, 0.4) is 0 Å². The maximum atomic E-state index is 11.3. The molecule has 1 aromatic rings. The predicted molar refractivity (Wildman–Crippen MR) is 80.8 cm³/mol. The molecule has 0 amide bonds. The molecule has 0 fully saturated rings. The largest absolute Gasteiger partial charge is 0.496 e. The Bertz CT molecular complexity index is 492. The second kappa shape index (κ2) is 8.55. The number of rotatable bonds is 8. The van der Waals surface area contributed by atoms with Crippen molar-refractivity contribution in [3.8, 4) is 5.75 Å². The Balaban J connectivity index is 2.62. The number of oxime groups is 1. The lowest BCUT2D eigenvalue weighted by molar-refractivity contribution is 0.318. The molecule has 1 atom stereocenters. The first-order valence-corrected chi connectivity index (χ1v) is 7.81. The number of nitrogens with one attached hydrogen (secondary N) is 1. The van der Waals surface area contributed by atoms with E-state index in [0.717, 1.165) is 5.56 Å². The van der Waals surface area contributed by atoms with Gasteiger partial charge in [-0.05, 0) is 17.7 Å². The Morgan fingerprint density at radius 1 is 1.55 bits per heavy atom. The summed E-state index contributed by atoms with van der Waals surface area (Å²) < 4.78 is 16.5. The molecule has 0 bridgehead atoms. The molecule has 0 spiro atoms. The van der Waals surface area contributed by atoms with Gasteiger partial charge in [0.15, 0.2) is 5.84 Å². The third-order valence-electron chi connectivity index (χ3n) is 2.81. The van der Waals surface area contributed by atoms with E-state index in [-0.39, 0.29) is 5.84 Å². The van der Waals surface area contributed by atoms with Crippen LogP contribution in [0.25, 0.3) is 0 Å². The zero-order chi connectivity index (χ0) is 15.0. The molecule has 0 aromatic heterocycles.